The molecule has 1 heterocycles. The Balaban J connectivity index is 2.47. The van der Waals surface area contributed by atoms with Crippen LogP contribution < -0.4 is 16.0 Å². The standard InChI is InChI=1S/C14H16BrClN4O/c1-7(2)12-18-13(20-17)8(3)14(19-12)21-11-6-9(15)4-5-10(11)16/h4-7H,17H2,1-3H3,(H,18,19,20). The summed E-state index contributed by atoms with van der Waals surface area (Å²) in [6.07, 6.45) is 0. The first-order valence-corrected chi connectivity index (χ1v) is 7.57. The number of halogens is 2. The van der Waals surface area contributed by atoms with E-state index in [1.54, 1.807) is 12.1 Å². The Bertz CT molecular complexity index is 664. The molecule has 0 unspecified atom stereocenters. The zero-order valence-corrected chi connectivity index (χ0v) is 14.3. The number of benzene rings is 1. The van der Waals surface area contributed by atoms with Gasteiger partial charge in [-0.2, -0.15) is 4.98 Å². The number of nitrogens with two attached hydrogens (primary N) is 1. The minimum absolute atomic E-state index is 0.151. The molecule has 1 aromatic carbocycles. The number of ether oxygens (including phenoxy) is 1. The van der Waals surface area contributed by atoms with Crippen LogP contribution in [0.25, 0.3) is 0 Å². The molecule has 112 valence electrons. The van der Waals surface area contributed by atoms with Crippen molar-refractivity contribution in [1.29, 1.82) is 0 Å². The maximum atomic E-state index is 6.14. The summed E-state index contributed by atoms with van der Waals surface area (Å²) in [7, 11) is 0. The summed E-state index contributed by atoms with van der Waals surface area (Å²) < 4.78 is 6.72. The van der Waals surface area contributed by atoms with E-state index >= 15 is 0 Å². The Morgan fingerprint density at radius 3 is 2.67 bits per heavy atom. The quantitative estimate of drug-likeness (QED) is 0.615. The normalized spacial score (nSPS) is 10.8. The Morgan fingerprint density at radius 1 is 1.33 bits per heavy atom. The molecular weight excluding hydrogens is 356 g/mol. The second kappa shape index (κ2) is 6.60. The van der Waals surface area contributed by atoms with Crippen LogP contribution >= 0.6 is 27.5 Å². The zero-order chi connectivity index (χ0) is 15.6. The van der Waals surface area contributed by atoms with Crippen LogP contribution in [0, 0.1) is 6.92 Å². The average molecular weight is 372 g/mol. The third kappa shape index (κ3) is 3.64. The van der Waals surface area contributed by atoms with Gasteiger partial charge in [0.05, 0.1) is 10.6 Å². The van der Waals surface area contributed by atoms with Crippen LogP contribution in [0.5, 0.6) is 11.6 Å². The minimum Gasteiger partial charge on any atom is -0.437 e. The van der Waals surface area contributed by atoms with E-state index in [0.29, 0.717) is 28.3 Å². The summed E-state index contributed by atoms with van der Waals surface area (Å²) in [4.78, 5) is 8.81. The number of anilines is 1. The van der Waals surface area contributed by atoms with E-state index < -0.39 is 0 Å². The van der Waals surface area contributed by atoms with E-state index in [0.717, 1.165) is 10.0 Å². The molecule has 0 radical (unpaired) electrons. The maximum Gasteiger partial charge on any atom is 0.227 e. The first-order chi connectivity index (χ1) is 9.92. The molecular formula is C14H16BrClN4O. The summed E-state index contributed by atoms with van der Waals surface area (Å²) in [6, 6.07) is 5.38. The highest BCUT2D eigenvalue weighted by Crippen LogP contribution is 2.34. The van der Waals surface area contributed by atoms with Crippen LogP contribution in [0.15, 0.2) is 22.7 Å². The summed E-state index contributed by atoms with van der Waals surface area (Å²) in [5.74, 6) is 7.79. The highest BCUT2D eigenvalue weighted by molar-refractivity contribution is 9.10. The number of rotatable bonds is 4. The van der Waals surface area contributed by atoms with Gasteiger partial charge in [-0.25, -0.2) is 10.8 Å². The lowest BCUT2D eigenvalue weighted by molar-refractivity contribution is 0.453. The molecule has 5 nitrogen and oxygen atoms in total. The fraction of sp³-hybridized carbons (Fsp3) is 0.286. The summed E-state index contributed by atoms with van der Waals surface area (Å²) >= 11 is 9.54. The van der Waals surface area contributed by atoms with E-state index in [9.17, 15) is 0 Å². The summed E-state index contributed by atoms with van der Waals surface area (Å²) in [6.45, 7) is 5.84. The Hall–Kier alpha value is -1.37. The van der Waals surface area contributed by atoms with Crippen LogP contribution in [0.1, 0.15) is 31.2 Å². The van der Waals surface area contributed by atoms with Crippen LogP contribution in [-0.2, 0) is 0 Å². The number of aromatic nitrogens is 2. The molecule has 2 aromatic rings. The van der Waals surface area contributed by atoms with E-state index in [4.69, 9.17) is 22.2 Å². The number of nitrogen functional groups attached to an aromatic ring is 1. The first kappa shape index (κ1) is 16.0. The van der Waals surface area contributed by atoms with Gasteiger partial charge in [-0.1, -0.05) is 41.4 Å². The van der Waals surface area contributed by atoms with Gasteiger partial charge >= 0.3 is 0 Å². The molecule has 0 bridgehead atoms. The van der Waals surface area contributed by atoms with Crippen LogP contribution in [0.2, 0.25) is 5.02 Å². The van der Waals surface area contributed by atoms with Crippen molar-refractivity contribution in [3.63, 3.8) is 0 Å². The van der Waals surface area contributed by atoms with Crippen LogP contribution in [0.3, 0.4) is 0 Å². The highest BCUT2D eigenvalue weighted by atomic mass is 79.9. The van der Waals surface area contributed by atoms with Crippen LogP contribution in [-0.4, -0.2) is 9.97 Å². The van der Waals surface area contributed by atoms with Crippen molar-refractivity contribution in [2.75, 3.05) is 5.43 Å². The third-order valence-electron chi connectivity index (χ3n) is 2.87. The molecule has 3 N–H and O–H groups in total. The third-order valence-corrected chi connectivity index (χ3v) is 3.68. The van der Waals surface area contributed by atoms with Crippen LogP contribution in [0.4, 0.5) is 5.82 Å². The highest BCUT2D eigenvalue weighted by Gasteiger charge is 2.15. The molecule has 21 heavy (non-hydrogen) atoms. The molecule has 0 amide bonds. The Kier molecular flexibility index (Phi) is 5.03. The van der Waals surface area contributed by atoms with Gasteiger partial charge < -0.3 is 10.2 Å². The van der Waals surface area contributed by atoms with Gasteiger partial charge in [0.2, 0.25) is 5.88 Å². The van der Waals surface area contributed by atoms with Crippen molar-refractivity contribution >= 4 is 33.3 Å². The smallest absolute Gasteiger partial charge is 0.227 e. The van der Waals surface area contributed by atoms with Crippen molar-refractivity contribution in [3.8, 4) is 11.6 Å². The van der Waals surface area contributed by atoms with Gasteiger partial charge in [0.1, 0.15) is 11.6 Å². The van der Waals surface area contributed by atoms with Gasteiger partial charge in [-0.15, -0.1) is 0 Å². The van der Waals surface area contributed by atoms with E-state index in [1.807, 2.05) is 26.8 Å². The summed E-state index contributed by atoms with van der Waals surface area (Å²) in [5.41, 5.74) is 3.29. The van der Waals surface area contributed by atoms with Gasteiger partial charge in [0.25, 0.3) is 0 Å². The topological polar surface area (TPSA) is 73.1 Å². The number of nitrogens with zero attached hydrogens (tertiary/aromatic N) is 2. The number of hydrogen-bond donors (Lipinski definition) is 2. The molecule has 0 aliphatic carbocycles. The molecule has 0 saturated carbocycles. The predicted molar refractivity (Wildman–Crippen MR) is 87.9 cm³/mol. The van der Waals surface area contributed by atoms with Crippen molar-refractivity contribution in [1.82, 2.24) is 9.97 Å². The largest absolute Gasteiger partial charge is 0.437 e. The molecule has 2 rings (SSSR count). The Morgan fingerprint density at radius 2 is 2.05 bits per heavy atom. The summed E-state index contributed by atoms with van der Waals surface area (Å²) in [5, 5.41) is 0.504. The van der Waals surface area contributed by atoms with Crippen molar-refractivity contribution < 1.29 is 4.74 Å². The van der Waals surface area contributed by atoms with E-state index in [-0.39, 0.29) is 5.92 Å². The predicted octanol–water partition coefficient (Wildman–Crippen LogP) is 4.40. The number of hydrogen-bond acceptors (Lipinski definition) is 5. The lowest BCUT2D eigenvalue weighted by atomic mass is 10.2. The lowest BCUT2D eigenvalue weighted by Crippen LogP contribution is -2.13. The molecule has 0 aliphatic heterocycles. The SMILES string of the molecule is Cc1c(NN)nc(C(C)C)nc1Oc1cc(Br)ccc1Cl. The molecule has 0 aliphatic rings. The lowest BCUT2D eigenvalue weighted by Gasteiger charge is -2.14. The molecule has 0 atom stereocenters. The fourth-order valence-electron chi connectivity index (χ4n) is 1.67. The van der Waals surface area contributed by atoms with Gasteiger partial charge in [-0.3, -0.25) is 0 Å². The second-order valence-corrected chi connectivity index (χ2v) is 6.16. The number of nitrogens with one attached hydrogen (secondary N) is 1. The Labute approximate surface area is 137 Å². The molecule has 0 saturated heterocycles. The average Bonchev–Trinajstić information content (AvgIpc) is 2.44. The zero-order valence-electron chi connectivity index (χ0n) is 11.9. The van der Waals surface area contributed by atoms with E-state index in [2.05, 4.69) is 31.3 Å². The molecule has 1 aromatic heterocycles. The maximum absolute atomic E-state index is 6.14. The van der Waals surface area contributed by atoms with Gasteiger partial charge in [0.15, 0.2) is 5.82 Å². The van der Waals surface area contributed by atoms with Gasteiger partial charge in [-0.05, 0) is 25.1 Å². The van der Waals surface area contributed by atoms with E-state index in [1.165, 1.54) is 0 Å². The number of hydrazine groups is 1. The second-order valence-electron chi connectivity index (χ2n) is 4.84. The fourth-order valence-corrected chi connectivity index (χ4v) is 2.17. The minimum atomic E-state index is 0.151. The first-order valence-electron chi connectivity index (χ1n) is 6.40. The monoisotopic (exact) mass is 370 g/mol. The molecule has 7 heteroatoms. The van der Waals surface area contributed by atoms with Gasteiger partial charge in [0, 0.05) is 10.4 Å². The molecule has 0 spiro atoms. The van der Waals surface area contributed by atoms with Crippen molar-refractivity contribution in [3.05, 3.63) is 39.1 Å². The van der Waals surface area contributed by atoms with Crippen molar-refractivity contribution in [2.24, 2.45) is 5.84 Å². The van der Waals surface area contributed by atoms with Crippen molar-refractivity contribution in [2.45, 2.75) is 26.7 Å². The molecule has 0 fully saturated rings.